The van der Waals surface area contributed by atoms with Crippen LogP contribution in [0.4, 0.5) is 8.78 Å². The highest BCUT2D eigenvalue weighted by Crippen LogP contribution is 2.22. The fraction of sp³-hybridized carbons (Fsp3) is 0.250. The monoisotopic (exact) mass is 277 g/mol. The molecule has 0 aliphatic carbocycles. The number of benzene rings is 2. The number of alkyl halides is 2. The number of hydrogen-bond acceptors (Lipinski definition) is 2. The second-order valence-electron chi connectivity index (χ2n) is 4.48. The molecule has 0 saturated heterocycles. The van der Waals surface area contributed by atoms with Crippen LogP contribution in [0.15, 0.2) is 54.6 Å². The van der Waals surface area contributed by atoms with E-state index in [1.165, 1.54) is 5.56 Å². The molecule has 20 heavy (non-hydrogen) atoms. The van der Waals surface area contributed by atoms with Crippen LogP contribution in [0, 0.1) is 0 Å². The van der Waals surface area contributed by atoms with Crippen LogP contribution in [0.5, 0.6) is 5.75 Å². The molecule has 1 N–H and O–H groups in total. The van der Waals surface area contributed by atoms with Crippen molar-refractivity contribution < 1.29 is 13.5 Å². The predicted octanol–water partition coefficient (Wildman–Crippen LogP) is 3.79. The number of halogens is 2. The zero-order valence-corrected chi connectivity index (χ0v) is 11.2. The average Bonchev–Trinajstić information content (AvgIpc) is 2.46. The molecule has 2 rings (SSSR count). The number of ether oxygens (including phenoxy) is 1. The summed E-state index contributed by atoms with van der Waals surface area (Å²) in [6, 6.07) is 17.0. The first kappa shape index (κ1) is 14.5. The van der Waals surface area contributed by atoms with Gasteiger partial charge >= 0.3 is 6.61 Å². The fourth-order valence-corrected chi connectivity index (χ4v) is 2.12. The molecule has 0 aliphatic heterocycles. The summed E-state index contributed by atoms with van der Waals surface area (Å²) in [7, 11) is 1.89. The van der Waals surface area contributed by atoms with Crippen LogP contribution >= 0.6 is 0 Å². The van der Waals surface area contributed by atoms with Gasteiger partial charge in [-0.15, -0.1) is 0 Å². The molecule has 2 aromatic rings. The van der Waals surface area contributed by atoms with Crippen molar-refractivity contribution in [3.05, 3.63) is 65.7 Å². The summed E-state index contributed by atoms with van der Waals surface area (Å²) in [6.07, 6.45) is 0.840. The highest BCUT2D eigenvalue weighted by Gasteiger charge is 2.11. The lowest BCUT2D eigenvalue weighted by atomic mass is 9.99. The van der Waals surface area contributed by atoms with E-state index in [2.05, 4.69) is 22.2 Å². The molecule has 0 bridgehead atoms. The Kier molecular flexibility index (Phi) is 5.07. The molecule has 0 aliphatic rings. The van der Waals surface area contributed by atoms with Crippen molar-refractivity contribution in [1.29, 1.82) is 0 Å². The minimum atomic E-state index is -2.79. The van der Waals surface area contributed by atoms with Gasteiger partial charge in [0.2, 0.25) is 0 Å². The molecule has 2 aromatic carbocycles. The zero-order valence-electron chi connectivity index (χ0n) is 11.2. The maximum absolute atomic E-state index is 12.1. The Labute approximate surface area is 117 Å². The van der Waals surface area contributed by atoms with Crippen molar-refractivity contribution in [2.45, 2.75) is 19.1 Å². The zero-order chi connectivity index (χ0) is 14.4. The number of likely N-dealkylation sites (N-methyl/N-ethyl adjacent to an activating group) is 1. The molecule has 0 saturated carbocycles. The fourth-order valence-electron chi connectivity index (χ4n) is 2.12. The molecule has 1 unspecified atom stereocenters. The Balaban J connectivity index is 2.07. The van der Waals surface area contributed by atoms with Crippen LogP contribution in [0.1, 0.15) is 17.2 Å². The van der Waals surface area contributed by atoms with Gasteiger partial charge in [-0.2, -0.15) is 8.78 Å². The van der Waals surface area contributed by atoms with Crippen molar-refractivity contribution >= 4 is 0 Å². The van der Waals surface area contributed by atoms with E-state index in [-0.39, 0.29) is 11.8 Å². The molecule has 4 heteroatoms. The normalized spacial score (nSPS) is 12.4. The van der Waals surface area contributed by atoms with Gasteiger partial charge in [0, 0.05) is 6.04 Å². The molecule has 0 heterocycles. The highest BCUT2D eigenvalue weighted by atomic mass is 19.3. The Morgan fingerprint density at radius 2 is 1.65 bits per heavy atom. The molecule has 0 fully saturated rings. The Bertz CT molecular complexity index is 514. The van der Waals surface area contributed by atoms with Crippen LogP contribution < -0.4 is 10.1 Å². The maximum atomic E-state index is 12.1. The van der Waals surface area contributed by atoms with Crippen molar-refractivity contribution in [2.75, 3.05) is 7.05 Å². The number of rotatable bonds is 6. The average molecular weight is 277 g/mol. The van der Waals surface area contributed by atoms with E-state index in [1.807, 2.05) is 37.4 Å². The quantitative estimate of drug-likeness (QED) is 0.867. The molecule has 0 aromatic heterocycles. The molecule has 0 spiro atoms. The van der Waals surface area contributed by atoms with Gasteiger partial charge in [-0.3, -0.25) is 0 Å². The standard InChI is InChI=1S/C16H17F2NO/c1-19-15(11-12-5-3-2-4-6-12)13-7-9-14(10-8-13)20-16(17)18/h2-10,15-16,19H,11H2,1H3. The molecule has 2 nitrogen and oxygen atoms in total. The highest BCUT2D eigenvalue weighted by molar-refractivity contribution is 5.30. The first-order valence-electron chi connectivity index (χ1n) is 6.45. The van der Waals surface area contributed by atoms with Gasteiger partial charge in [-0.25, -0.2) is 0 Å². The SMILES string of the molecule is CNC(Cc1ccccc1)c1ccc(OC(F)F)cc1. The van der Waals surface area contributed by atoms with Crippen LogP contribution in [0.2, 0.25) is 0 Å². The van der Waals surface area contributed by atoms with Crippen LogP contribution in [0.25, 0.3) is 0 Å². The summed E-state index contributed by atoms with van der Waals surface area (Å²) in [5, 5.41) is 3.24. The van der Waals surface area contributed by atoms with Crippen LogP contribution in [0.3, 0.4) is 0 Å². The van der Waals surface area contributed by atoms with Crippen molar-refractivity contribution in [1.82, 2.24) is 5.32 Å². The van der Waals surface area contributed by atoms with Gasteiger partial charge in [0.05, 0.1) is 0 Å². The van der Waals surface area contributed by atoms with Gasteiger partial charge in [-0.05, 0) is 36.7 Å². The second kappa shape index (κ2) is 7.01. The maximum Gasteiger partial charge on any atom is 0.387 e. The van der Waals surface area contributed by atoms with E-state index >= 15 is 0 Å². The van der Waals surface area contributed by atoms with E-state index in [0.717, 1.165) is 12.0 Å². The first-order chi connectivity index (χ1) is 9.69. The Hall–Kier alpha value is -1.94. The largest absolute Gasteiger partial charge is 0.435 e. The van der Waals surface area contributed by atoms with Gasteiger partial charge < -0.3 is 10.1 Å². The van der Waals surface area contributed by atoms with E-state index in [4.69, 9.17) is 0 Å². The van der Waals surface area contributed by atoms with Gasteiger partial charge in [0.15, 0.2) is 0 Å². The number of nitrogens with one attached hydrogen (secondary N) is 1. The molecule has 0 radical (unpaired) electrons. The van der Waals surface area contributed by atoms with Crippen LogP contribution in [-0.2, 0) is 6.42 Å². The summed E-state index contributed by atoms with van der Waals surface area (Å²) < 4.78 is 28.5. The van der Waals surface area contributed by atoms with Crippen molar-refractivity contribution in [3.8, 4) is 5.75 Å². The molecule has 0 amide bonds. The number of hydrogen-bond donors (Lipinski definition) is 1. The Morgan fingerprint density at radius 3 is 2.20 bits per heavy atom. The third-order valence-electron chi connectivity index (χ3n) is 3.14. The summed E-state index contributed by atoms with van der Waals surface area (Å²) in [5.41, 5.74) is 2.26. The van der Waals surface area contributed by atoms with Gasteiger partial charge in [0.1, 0.15) is 5.75 Å². The minimum absolute atomic E-state index is 0.137. The first-order valence-corrected chi connectivity index (χ1v) is 6.45. The second-order valence-corrected chi connectivity index (χ2v) is 4.48. The lowest BCUT2D eigenvalue weighted by molar-refractivity contribution is -0.0498. The van der Waals surface area contributed by atoms with Gasteiger partial charge in [0.25, 0.3) is 0 Å². The molecular weight excluding hydrogens is 260 g/mol. The lowest BCUT2D eigenvalue weighted by Crippen LogP contribution is -2.18. The van der Waals surface area contributed by atoms with Crippen molar-refractivity contribution in [2.24, 2.45) is 0 Å². The molecular formula is C16H17F2NO. The lowest BCUT2D eigenvalue weighted by Gasteiger charge is -2.17. The van der Waals surface area contributed by atoms with Crippen molar-refractivity contribution in [3.63, 3.8) is 0 Å². The summed E-state index contributed by atoms with van der Waals surface area (Å²) in [5.74, 6) is 0.179. The smallest absolute Gasteiger partial charge is 0.387 e. The summed E-state index contributed by atoms with van der Waals surface area (Å²) >= 11 is 0. The van der Waals surface area contributed by atoms with E-state index in [1.54, 1.807) is 12.1 Å². The minimum Gasteiger partial charge on any atom is -0.435 e. The molecule has 1 atom stereocenters. The summed E-state index contributed by atoms with van der Waals surface area (Å²) in [6.45, 7) is -2.79. The predicted molar refractivity (Wildman–Crippen MR) is 75.0 cm³/mol. The summed E-state index contributed by atoms with van der Waals surface area (Å²) in [4.78, 5) is 0. The third kappa shape index (κ3) is 4.03. The van der Waals surface area contributed by atoms with E-state index in [9.17, 15) is 8.78 Å². The Morgan fingerprint density at radius 1 is 1.00 bits per heavy atom. The third-order valence-corrected chi connectivity index (χ3v) is 3.14. The van der Waals surface area contributed by atoms with Crippen LogP contribution in [-0.4, -0.2) is 13.7 Å². The topological polar surface area (TPSA) is 21.3 Å². The molecule has 106 valence electrons. The van der Waals surface area contributed by atoms with Gasteiger partial charge in [-0.1, -0.05) is 42.5 Å². The van der Waals surface area contributed by atoms with E-state index in [0.29, 0.717) is 0 Å². The van der Waals surface area contributed by atoms with E-state index < -0.39 is 6.61 Å².